The van der Waals surface area contributed by atoms with Gasteiger partial charge in [0.05, 0.1) is 26.4 Å². The Morgan fingerprint density at radius 1 is 1.07 bits per heavy atom. The zero-order chi connectivity index (χ0) is 32.8. The van der Waals surface area contributed by atoms with Gasteiger partial charge in [0.25, 0.3) is 0 Å². The number of rotatable bonds is 9. The molecule has 0 spiro atoms. The normalized spacial score (nSPS) is 23.3. The summed E-state index contributed by atoms with van der Waals surface area (Å²) in [7, 11) is -3.74. The van der Waals surface area contributed by atoms with Gasteiger partial charge in [0.2, 0.25) is 11.7 Å². The van der Waals surface area contributed by atoms with Crippen molar-refractivity contribution in [2.45, 2.75) is 101 Å². The van der Waals surface area contributed by atoms with E-state index in [9.17, 15) is 26.4 Å². The summed E-state index contributed by atoms with van der Waals surface area (Å²) in [5.41, 5.74) is -1.08. The Morgan fingerprint density at radius 2 is 1.73 bits per heavy atom. The molecule has 2 aromatic heterocycles. The Morgan fingerprint density at radius 3 is 2.33 bits per heavy atom. The number of amides is 1. The highest BCUT2D eigenvalue weighted by molar-refractivity contribution is 7.91. The van der Waals surface area contributed by atoms with Crippen molar-refractivity contribution in [2.24, 2.45) is 5.92 Å². The second-order valence-corrected chi connectivity index (χ2v) is 16.9. The summed E-state index contributed by atoms with van der Waals surface area (Å²) in [6, 6.07) is 9.28. The molecule has 1 amide bonds. The van der Waals surface area contributed by atoms with Crippen LogP contribution in [0.5, 0.6) is 0 Å². The van der Waals surface area contributed by atoms with Crippen LogP contribution >= 0.6 is 11.3 Å². The highest BCUT2D eigenvalue weighted by atomic mass is 32.2. The molecular formula is C32H42F3N5O3S2. The lowest BCUT2D eigenvalue weighted by atomic mass is 9.79. The number of halogens is 3. The molecule has 0 unspecified atom stereocenters. The van der Waals surface area contributed by atoms with Crippen molar-refractivity contribution in [3.63, 3.8) is 0 Å². The van der Waals surface area contributed by atoms with Gasteiger partial charge in [-0.25, -0.2) is 18.4 Å². The molecule has 1 saturated carbocycles. The Labute approximate surface area is 267 Å². The van der Waals surface area contributed by atoms with Gasteiger partial charge in [-0.1, -0.05) is 52.8 Å². The van der Waals surface area contributed by atoms with Crippen LogP contribution in [0.25, 0.3) is 10.2 Å². The number of fused-ring (bicyclic) bond motifs is 1. The van der Waals surface area contributed by atoms with Crippen LogP contribution in [0.3, 0.4) is 0 Å². The summed E-state index contributed by atoms with van der Waals surface area (Å²) in [5, 5.41) is 6.61. The summed E-state index contributed by atoms with van der Waals surface area (Å²) in [4.78, 5) is 24.5. The van der Waals surface area contributed by atoms with Gasteiger partial charge in [0, 0.05) is 17.5 Å². The van der Waals surface area contributed by atoms with E-state index in [0.717, 1.165) is 11.4 Å². The SMILES string of the molecule is CC(C)CNC1CCC(CS(=O)(=O)c2ccccc2)(N2CC[C@H](Nc3nc(C(F)(F)F)nc4cc(C(C)(C)C)sc34)C2=O)CC1. The van der Waals surface area contributed by atoms with Gasteiger partial charge in [-0.15, -0.1) is 11.3 Å². The second kappa shape index (κ2) is 12.4. The summed E-state index contributed by atoms with van der Waals surface area (Å²) in [5.74, 6) is -1.36. The number of carbonyl (C=O) groups is 1. The van der Waals surface area contributed by atoms with Gasteiger partial charge in [-0.3, -0.25) is 4.79 Å². The van der Waals surface area contributed by atoms with Gasteiger partial charge < -0.3 is 15.5 Å². The number of carbonyl (C=O) groups excluding carboxylic acids is 1. The lowest BCUT2D eigenvalue weighted by molar-refractivity contribution is -0.144. The molecule has 2 aliphatic rings. The fourth-order valence-corrected chi connectivity index (χ4v) is 9.29. The van der Waals surface area contributed by atoms with E-state index < -0.39 is 33.4 Å². The fourth-order valence-electron chi connectivity index (χ4n) is 6.29. The van der Waals surface area contributed by atoms with Crippen LogP contribution < -0.4 is 10.6 Å². The lowest BCUT2D eigenvalue weighted by Gasteiger charge is -2.46. The third-order valence-corrected chi connectivity index (χ3v) is 12.2. The van der Waals surface area contributed by atoms with Gasteiger partial charge >= 0.3 is 6.18 Å². The van der Waals surface area contributed by atoms with Gasteiger partial charge in [-0.2, -0.15) is 13.2 Å². The molecule has 246 valence electrons. The number of nitrogens with one attached hydrogen (secondary N) is 2. The van der Waals surface area contributed by atoms with Crippen molar-refractivity contribution in [2.75, 3.05) is 24.2 Å². The molecule has 1 saturated heterocycles. The largest absolute Gasteiger partial charge is 0.451 e. The van der Waals surface area contributed by atoms with Crippen molar-refractivity contribution in [1.82, 2.24) is 20.2 Å². The maximum absolute atomic E-state index is 14.1. The molecule has 0 bridgehead atoms. The monoisotopic (exact) mass is 665 g/mol. The minimum Gasteiger partial charge on any atom is -0.357 e. The fraction of sp³-hybridized carbons (Fsp3) is 0.594. The molecular weight excluding hydrogens is 624 g/mol. The first-order valence-corrected chi connectivity index (χ1v) is 17.9. The second-order valence-electron chi connectivity index (χ2n) is 13.8. The van der Waals surface area contributed by atoms with E-state index in [1.165, 1.54) is 11.3 Å². The number of benzene rings is 1. The average molecular weight is 666 g/mol. The number of sulfone groups is 1. The molecule has 45 heavy (non-hydrogen) atoms. The Hall–Kier alpha value is -2.77. The van der Waals surface area contributed by atoms with E-state index in [2.05, 4.69) is 34.4 Å². The molecule has 3 aromatic rings. The van der Waals surface area contributed by atoms with Crippen LogP contribution in [0.4, 0.5) is 19.0 Å². The smallest absolute Gasteiger partial charge is 0.357 e. The molecule has 3 heterocycles. The number of hydrogen-bond donors (Lipinski definition) is 2. The molecule has 13 heteroatoms. The topological polar surface area (TPSA) is 104 Å². The van der Waals surface area contributed by atoms with Crippen molar-refractivity contribution in [3.05, 3.63) is 47.1 Å². The zero-order valence-electron chi connectivity index (χ0n) is 26.4. The number of hydrogen-bond acceptors (Lipinski definition) is 8. The highest BCUT2D eigenvalue weighted by Gasteiger charge is 2.50. The number of aromatic nitrogens is 2. The predicted molar refractivity (Wildman–Crippen MR) is 171 cm³/mol. The van der Waals surface area contributed by atoms with Crippen molar-refractivity contribution in [3.8, 4) is 0 Å². The van der Waals surface area contributed by atoms with Crippen molar-refractivity contribution >= 4 is 43.1 Å². The molecule has 1 aliphatic heterocycles. The summed E-state index contributed by atoms with van der Waals surface area (Å²) in [6.07, 6.45) is -2.02. The predicted octanol–water partition coefficient (Wildman–Crippen LogP) is 6.42. The van der Waals surface area contributed by atoms with Gasteiger partial charge in [0.15, 0.2) is 9.84 Å². The van der Waals surface area contributed by atoms with E-state index in [-0.39, 0.29) is 39.3 Å². The number of nitrogens with zero attached hydrogens (tertiary/aromatic N) is 3. The van der Waals surface area contributed by atoms with Crippen LogP contribution in [0.1, 0.15) is 77.4 Å². The summed E-state index contributed by atoms with van der Waals surface area (Å²) < 4.78 is 69.3. The van der Waals surface area contributed by atoms with Crippen LogP contribution in [0, 0.1) is 5.92 Å². The molecule has 1 aromatic carbocycles. The van der Waals surface area contributed by atoms with E-state index in [1.807, 2.05) is 20.8 Å². The minimum atomic E-state index is -4.77. The molecule has 1 atom stereocenters. The molecule has 2 fully saturated rings. The first-order chi connectivity index (χ1) is 21.0. The molecule has 0 radical (unpaired) electrons. The van der Waals surface area contributed by atoms with Gasteiger partial charge in [-0.05, 0) is 68.2 Å². The van der Waals surface area contributed by atoms with Crippen LogP contribution in [0.15, 0.2) is 41.3 Å². The van der Waals surface area contributed by atoms with Crippen LogP contribution in [-0.4, -0.2) is 65.7 Å². The summed E-state index contributed by atoms with van der Waals surface area (Å²) in [6.45, 7) is 11.3. The molecule has 1 aliphatic carbocycles. The third-order valence-electron chi connectivity index (χ3n) is 8.75. The average Bonchev–Trinajstić information content (AvgIpc) is 3.57. The first kappa shape index (κ1) is 33.6. The van der Waals surface area contributed by atoms with Crippen molar-refractivity contribution < 1.29 is 26.4 Å². The van der Waals surface area contributed by atoms with E-state index in [4.69, 9.17) is 0 Å². The van der Waals surface area contributed by atoms with E-state index >= 15 is 0 Å². The Kier molecular flexibility index (Phi) is 9.29. The number of alkyl halides is 3. The van der Waals surface area contributed by atoms with E-state index in [0.29, 0.717) is 49.3 Å². The minimum absolute atomic E-state index is 0.0272. The molecule has 8 nitrogen and oxygen atoms in total. The number of likely N-dealkylation sites (tertiary alicyclic amines) is 1. The molecule has 2 N–H and O–H groups in total. The standard InChI is InChI=1S/C32H42F3N5O3S2/c1-20(2)18-36-21-11-14-31(15-12-21,19-45(42,43)22-9-7-6-8-10-22)40-16-13-23(28(40)41)37-27-26-24(17-25(44-26)30(3,4)5)38-29(39-27)32(33,34)35/h6-10,17,20-21,23,36H,11-16,18-19H2,1-5H3,(H,37,38,39)/t21?,23-,31?/m0/s1. The number of anilines is 1. The lowest BCUT2D eigenvalue weighted by Crippen LogP contribution is -2.58. The van der Waals surface area contributed by atoms with Gasteiger partial charge in [0.1, 0.15) is 11.9 Å². The van der Waals surface area contributed by atoms with Crippen molar-refractivity contribution in [1.29, 1.82) is 0 Å². The maximum Gasteiger partial charge on any atom is 0.451 e. The van der Waals surface area contributed by atoms with Crippen LogP contribution in [-0.2, 0) is 26.2 Å². The first-order valence-electron chi connectivity index (χ1n) is 15.5. The third kappa shape index (κ3) is 7.30. The zero-order valence-corrected chi connectivity index (χ0v) is 28.0. The highest BCUT2D eigenvalue weighted by Crippen LogP contribution is 2.42. The Bertz CT molecular complexity index is 1630. The Balaban J connectivity index is 1.45. The maximum atomic E-state index is 14.1. The summed E-state index contributed by atoms with van der Waals surface area (Å²) >= 11 is 1.31. The van der Waals surface area contributed by atoms with Crippen LogP contribution in [0.2, 0.25) is 0 Å². The quantitative estimate of drug-likeness (QED) is 0.272. The number of thiophene rings is 1. The molecule has 5 rings (SSSR count). The van der Waals surface area contributed by atoms with E-state index in [1.54, 1.807) is 41.3 Å².